The van der Waals surface area contributed by atoms with E-state index in [1.807, 2.05) is 6.07 Å². The van der Waals surface area contributed by atoms with Crippen molar-refractivity contribution in [2.75, 3.05) is 13.2 Å². The Labute approximate surface area is 192 Å². The lowest BCUT2D eigenvalue weighted by Crippen LogP contribution is -2.28. The Bertz CT molecular complexity index is 1210. The number of amides is 1. The summed E-state index contributed by atoms with van der Waals surface area (Å²) in [5.41, 5.74) is -0.490. The summed E-state index contributed by atoms with van der Waals surface area (Å²) in [6.45, 7) is 0.459. The van der Waals surface area contributed by atoms with E-state index in [4.69, 9.17) is 32.2 Å². The number of carbonyl (C=O) groups is 1. The second kappa shape index (κ2) is 9.41. The fraction of sp³-hybridized carbons (Fsp3) is 0.190. The Kier molecular flexibility index (Phi) is 6.82. The van der Waals surface area contributed by atoms with Crippen molar-refractivity contribution in [3.05, 3.63) is 75.0 Å². The van der Waals surface area contributed by atoms with E-state index >= 15 is 0 Å². The summed E-state index contributed by atoms with van der Waals surface area (Å²) in [5, 5.41) is 5.50. The molecule has 1 N–H and O–H groups in total. The molecular formula is C21H17Cl2FNO4PS. The van der Waals surface area contributed by atoms with Crippen molar-refractivity contribution in [3.63, 3.8) is 0 Å². The van der Waals surface area contributed by atoms with Gasteiger partial charge in [-0.1, -0.05) is 35.3 Å². The first-order valence-corrected chi connectivity index (χ1v) is 12.6. The van der Waals surface area contributed by atoms with Gasteiger partial charge in [-0.15, -0.1) is 11.3 Å². The van der Waals surface area contributed by atoms with Gasteiger partial charge in [0, 0.05) is 21.5 Å². The zero-order chi connectivity index (χ0) is 22.0. The normalized spacial score (nSPS) is 17.1. The molecule has 0 radical (unpaired) electrons. The molecule has 1 unspecified atom stereocenters. The molecule has 0 saturated carbocycles. The van der Waals surface area contributed by atoms with E-state index in [0.717, 1.165) is 4.70 Å². The smallest absolute Gasteiger partial charge is 0.332 e. The largest absolute Gasteiger partial charge is 0.347 e. The Morgan fingerprint density at radius 2 is 2.00 bits per heavy atom. The number of hydrogen-bond donors (Lipinski definition) is 1. The van der Waals surface area contributed by atoms with Crippen LogP contribution in [0.5, 0.6) is 0 Å². The average molecular weight is 500 g/mol. The quantitative estimate of drug-likeness (QED) is 0.391. The lowest BCUT2D eigenvalue weighted by molar-refractivity contribution is -0.120. The third-order valence-electron chi connectivity index (χ3n) is 4.73. The van der Waals surface area contributed by atoms with Crippen LogP contribution in [-0.4, -0.2) is 19.1 Å². The molecule has 1 saturated heterocycles. The van der Waals surface area contributed by atoms with Crippen LogP contribution in [0.25, 0.3) is 16.2 Å². The predicted molar refractivity (Wildman–Crippen MR) is 122 cm³/mol. The van der Waals surface area contributed by atoms with Crippen molar-refractivity contribution in [2.45, 2.75) is 12.1 Å². The van der Waals surface area contributed by atoms with Crippen LogP contribution in [0.3, 0.4) is 0 Å². The summed E-state index contributed by atoms with van der Waals surface area (Å²) in [4.78, 5) is 13.2. The number of benzene rings is 2. The zero-order valence-electron chi connectivity index (χ0n) is 16.0. The van der Waals surface area contributed by atoms with Crippen molar-refractivity contribution < 1.29 is 22.8 Å². The van der Waals surface area contributed by atoms with E-state index in [-0.39, 0.29) is 23.8 Å². The van der Waals surface area contributed by atoms with Crippen LogP contribution in [0.1, 0.15) is 23.2 Å². The van der Waals surface area contributed by atoms with Gasteiger partial charge in [0.2, 0.25) is 5.91 Å². The monoisotopic (exact) mass is 499 g/mol. The first-order valence-electron chi connectivity index (χ1n) is 9.35. The van der Waals surface area contributed by atoms with Crippen molar-refractivity contribution >= 4 is 64.2 Å². The Morgan fingerprint density at radius 3 is 2.77 bits per heavy atom. The maximum absolute atomic E-state index is 14.1. The third-order valence-corrected chi connectivity index (χ3v) is 8.46. The van der Waals surface area contributed by atoms with Gasteiger partial charge in [0.1, 0.15) is 5.82 Å². The topological polar surface area (TPSA) is 64.6 Å². The summed E-state index contributed by atoms with van der Waals surface area (Å²) < 4.78 is 39.5. The fourth-order valence-electron chi connectivity index (χ4n) is 3.26. The van der Waals surface area contributed by atoms with E-state index in [9.17, 15) is 13.8 Å². The van der Waals surface area contributed by atoms with Gasteiger partial charge in [-0.2, -0.15) is 0 Å². The molecule has 1 aliphatic rings. The van der Waals surface area contributed by atoms with E-state index in [0.29, 0.717) is 22.4 Å². The number of hydrogen-bond acceptors (Lipinski definition) is 5. The zero-order valence-corrected chi connectivity index (χ0v) is 19.2. The molecule has 1 aromatic heterocycles. The van der Waals surface area contributed by atoms with Gasteiger partial charge in [0.25, 0.3) is 0 Å². The molecule has 1 aliphatic heterocycles. The van der Waals surface area contributed by atoms with E-state index in [1.165, 1.54) is 35.7 Å². The van der Waals surface area contributed by atoms with Crippen LogP contribution in [-0.2, 0) is 18.4 Å². The van der Waals surface area contributed by atoms with Gasteiger partial charge in [0.15, 0.2) is 5.66 Å². The standard InChI is InChI=1S/C21H17Cl2FNO4PS/c22-14-5-6-18-15(11-14)16(12-31-18)20(30(27)28-9-2-10-29-30)21(26)25-8-7-13-3-1-4-17(23)19(13)24/h1,3-8,11-12,20H,2,9-10H2,(H,25,26)/b8-7+. The van der Waals surface area contributed by atoms with Gasteiger partial charge < -0.3 is 14.4 Å². The molecular weight excluding hydrogens is 483 g/mol. The number of nitrogens with one attached hydrogen (secondary N) is 1. The molecule has 1 atom stereocenters. The van der Waals surface area contributed by atoms with Crippen LogP contribution >= 0.6 is 42.1 Å². The van der Waals surface area contributed by atoms with Crippen LogP contribution in [0, 0.1) is 5.82 Å². The van der Waals surface area contributed by atoms with Crippen molar-refractivity contribution in [3.8, 4) is 0 Å². The number of carbonyl (C=O) groups excluding carboxylic acids is 1. The first-order chi connectivity index (χ1) is 14.9. The highest BCUT2D eigenvalue weighted by Crippen LogP contribution is 2.63. The van der Waals surface area contributed by atoms with E-state index in [1.54, 1.807) is 23.6 Å². The lowest BCUT2D eigenvalue weighted by atomic mass is 10.1. The molecule has 2 heterocycles. The number of fused-ring (bicyclic) bond motifs is 1. The fourth-order valence-corrected chi connectivity index (χ4v) is 6.74. The first kappa shape index (κ1) is 22.5. The molecule has 0 bridgehead atoms. The van der Waals surface area contributed by atoms with Crippen molar-refractivity contribution in [2.24, 2.45) is 0 Å². The van der Waals surface area contributed by atoms with E-state index in [2.05, 4.69) is 5.32 Å². The minimum absolute atomic E-state index is 0.0265. The van der Waals surface area contributed by atoms with Gasteiger partial charge in [-0.25, -0.2) is 4.39 Å². The third kappa shape index (κ3) is 4.72. The highest BCUT2D eigenvalue weighted by Gasteiger charge is 2.45. The molecule has 31 heavy (non-hydrogen) atoms. The lowest BCUT2D eigenvalue weighted by Gasteiger charge is -2.29. The predicted octanol–water partition coefficient (Wildman–Crippen LogP) is 6.81. The summed E-state index contributed by atoms with van der Waals surface area (Å²) in [5.74, 6) is -1.19. The SMILES string of the molecule is O=C(N/C=C/c1cccc(Cl)c1F)C(c1csc2ccc(Cl)cc12)P1(=O)OCCCO1. The summed E-state index contributed by atoms with van der Waals surface area (Å²) in [7, 11) is -3.79. The summed E-state index contributed by atoms with van der Waals surface area (Å²) in [6.07, 6.45) is 3.24. The second-order valence-electron chi connectivity index (χ2n) is 6.78. The molecule has 162 valence electrons. The van der Waals surface area contributed by atoms with Gasteiger partial charge in [-0.3, -0.25) is 9.36 Å². The molecule has 10 heteroatoms. The van der Waals surface area contributed by atoms with Gasteiger partial charge >= 0.3 is 7.60 Å². The van der Waals surface area contributed by atoms with Crippen LogP contribution in [0.2, 0.25) is 10.0 Å². The molecule has 5 nitrogen and oxygen atoms in total. The van der Waals surface area contributed by atoms with Gasteiger partial charge in [0.05, 0.1) is 18.2 Å². The molecule has 0 spiro atoms. The number of halogens is 3. The van der Waals surface area contributed by atoms with Crippen LogP contribution < -0.4 is 5.32 Å². The Hall–Kier alpha value is -1.73. The van der Waals surface area contributed by atoms with Crippen molar-refractivity contribution in [1.29, 1.82) is 0 Å². The Morgan fingerprint density at radius 1 is 1.23 bits per heavy atom. The maximum atomic E-state index is 14.1. The van der Waals surface area contributed by atoms with E-state index < -0.39 is 25.0 Å². The molecule has 0 aliphatic carbocycles. The minimum atomic E-state index is -3.79. The molecule has 1 amide bonds. The maximum Gasteiger partial charge on any atom is 0.347 e. The van der Waals surface area contributed by atoms with Crippen LogP contribution in [0.4, 0.5) is 4.39 Å². The summed E-state index contributed by atoms with van der Waals surface area (Å²) in [6, 6.07) is 9.84. The Balaban J connectivity index is 1.68. The number of rotatable bonds is 5. The van der Waals surface area contributed by atoms with Crippen molar-refractivity contribution in [1.82, 2.24) is 5.32 Å². The second-order valence-corrected chi connectivity index (χ2v) is 10.6. The number of thiophene rings is 1. The molecule has 1 fully saturated rings. The summed E-state index contributed by atoms with van der Waals surface area (Å²) >= 11 is 13.3. The highest BCUT2D eigenvalue weighted by molar-refractivity contribution is 7.55. The molecule has 3 aromatic rings. The van der Waals surface area contributed by atoms with Gasteiger partial charge in [-0.05, 0) is 53.1 Å². The van der Waals surface area contributed by atoms with Crippen LogP contribution in [0.15, 0.2) is 48.0 Å². The minimum Gasteiger partial charge on any atom is -0.332 e. The average Bonchev–Trinajstić information content (AvgIpc) is 3.14. The molecule has 2 aromatic carbocycles. The molecule has 4 rings (SSSR count). The highest BCUT2D eigenvalue weighted by atomic mass is 35.5.